The van der Waals surface area contributed by atoms with Gasteiger partial charge in [0, 0.05) is 19.0 Å². The van der Waals surface area contributed by atoms with Crippen molar-refractivity contribution in [1.82, 2.24) is 10.6 Å². The predicted molar refractivity (Wildman–Crippen MR) is 60.4 cm³/mol. The van der Waals surface area contributed by atoms with Crippen LogP contribution in [0.5, 0.6) is 0 Å². The van der Waals surface area contributed by atoms with Gasteiger partial charge in [-0.15, -0.1) is 0 Å². The highest BCUT2D eigenvalue weighted by Crippen LogP contribution is 2.18. The van der Waals surface area contributed by atoms with Crippen molar-refractivity contribution in [3.05, 3.63) is 0 Å². The Morgan fingerprint density at radius 1 is 1.40 bits per heavy atom. The highest BCUT2D eigenvalue weighted by atomic mass is 16.1. The number of carbonyl (C=O) groups is 2. The predicted octanol–water partition coefficient (Wildman–Crippen LogP) is 1.06. The molecule has 0 aliphatic rings. The summed E-state index contributed by atoms with van der Waals surface area (Å²) in [6.45, 7) is 8.83. The van der Waals surface area contributed by atoms with E-state index in [2.05, 4.69) is 31.4 Å². The highest BCUT2D eigenvalue weighted by Gasteiger charge is 2.21. The molecule has 0 rings (SSSR count). The van der Waals surface area contributed by atoms with E-state index in [1.54, 1.807) is 0 Å². The fourth-order valence-electron chi connectivity index (χ4n) is 0.940. The SMILES string of the molecule is C[C@@H](NC(=O)CCCNC=O)C(C)(C)C. The average molecular weight is 214 g/mol. The van der Waals surface area contributed by atoms with Crippen LogP contribution in [0.1, 0.15) is 40.5 Å². The molecule has 4 nitrogen and oxygen atoms in total. The minimum atomic E-state index is 0.0464. The molecule has 0 aliphatic heterocycles. The van der Waals surface area contributed by atoms with E-state index in [1.165, 1.54) is 0 Å². The summed E-state index contributed by atoms with van der Waals surface area (Å²) >= 11 is 0. The Balaban J connectivity index is 3.70. The van der Waals surface area contributed by atoms with Crippen LogP contribution in [0.2, 0.25) is 0 Å². The van der Waals surface area contributed by atoms with E-state index < -0.39 is 0 Å². The summed E-state index contributed by atoms with van der Waals surface area (Å²) in [6, 6.07) is 0.157. The first-order valence-corrected chi connectivity index (χ1v) is 5.34. The first-order chi connectivity index (χ1) is 6.88. The Kier molecular flexibility index (Phi) is 5.97. The summed E-state index contributed by atoms with van der Waals surface area (Å²) in [7, 11) is 0. The minimum absolute atomic E-state index is 0.0464. The smallest absolute Gasteiger partial charge is 0.220 e. The minimum Gasteiger partial charge on any atom is -0.359 e. The molecule has 15 heavy (non-hydrogen) atoms. The van der Waals surface area contributed by atoms with E-state index in [9.17, 15) is 9.59 Å². The number of hydrogen-bond donors (Lipinski definition) is 2. The van der Waals surface area contributed by atoms with Crippen molar-refractivity contribution < 1.29 is 9.59 Å². The van der Waals surface area contributed by atoms with Crippen LogP contribution in [0.15, 0.2) is 0 Å². The van der Waals surface area contributed by atoms with E-state index in [0.29, 0.717) is 25.8 Å². The summed E-state index contributed by atoms with van der Waals surface area (Å²) in [5.74, 6) is 0.0464. The molecule has 0 saturated carbocycles. The van der Waals surface area contributed by atoms with Gasteiger partial charge in [-0.25, -0.2) is 0 Å². The molecule has 0 heterocycles. The molecule has 88 valence electrons. The third kappa shape index (κ3) is 6.94. The lowest BCUT2D eigenvalue weighted by molar-refractivity contribution is -0.122. The Morgan fingerprint density at radius 3 is 2.47 bits per heavy atom. The topological polar surface area (TPSA) is 58.2 Å². The second-order valence-corrected chi connectivity index (χ2v) is 4.83. The lowest BCUT2D eigenvalue weighted by atomic mass is 9.88. The van der Waals surface area contributed by atoms with Crippen LogP contribution in [-0.2, 0) is 9.59 Å². The molecule has 2 N–H and O–H groups in total. The van der Waals surface area contributed by atoms with E-state index in [-0.39, 0.29) is 17.4 Å². The first kappa shape index (κ1) is 13.9. The maximum atomic E-state index is 11.4. The molecule has 0 spiro atoms. The van der Waals surface area contributed by atoms with Gasteiger partial charge in [0.2, 0.25) is 12.3 Å². The number of rotatable bonds is 6. The van der Waals surface area contributed by atoms with Gasteiger partial charge in [-0.3, -0.25) is 9.59 Å². The van der Waals surface area contributed by atoms with Crippen molar-refractivity contribution in [1.29, 1.82) is 0 Å². The molecule has 0 fully saturated rings. The molecule has 4 heteroatoms. The Bertz CT molecular complexity index is 209. The quantitative estimate of drug-likeness (QED) is 0.513. The normalized spacial score (nSPS) is 13.1. The Labute approximate surface area is 91.8 Å². The van der Waals surface area contributed by atoms with Gasteiger partial charge < -0.3 is 10.6 Å². The monoisotopic (exact) mass is 214 g/mol. The molecular formula is C11H22N2O2. The third-order valence-electron chi connectivity index (χ3n) is 2.48. The highest BCUT2D eigenvalue weighted by molar-refractivity contribution is 5.76. The summed E-state index contributed by atoms with van der Waals surface area (Å²) in [5, 5.41) is 5.47. The van der Waals surface area contributed by atoms with Gasteiger partial charge in [-0.2, -0.15) is 0 Å². The van der Waals surface area contributed by atoms with Gasteiger partial charge in [0.1, 0.15) is 0 Å². The fraction of sp³-hybridized carbons (Fsp3) is 0.818. The summed E-state index contributed by atoms with van der Waals surface area (Å²) < 4.78 is 0. The molecule has 0 bridgehead atoms. The van der Waals surface area contributed by atoms with Crippen LogP contribution in [0.3, 0.4) is 0 Å². The van der Waals surface area contributed by atoms with Crippen molar-refractivity contribution in [3.63, 3.8) is 0 Å². The summed E-state index contributed by atoms with van der Waals surface area (Å²) in [5.41, 5.74) is 0.0801. The van der Waals surface area contributed by atoms with E-state index in [4.69, 9.17) is 0 Å². The van der Waals surface area contributed by atoms with Gasteiger partial charge in [0.15, 0.2) is 0 Å². The fourth-order valence-corrected chi connectivity index (χ4v) is 0.940. The zero-order valence-corrected chi connectivity index (χ0v) is 10.1. The Hall–Kier alpha value is -1.06. The number of amides is 2. The van der Waals surface area contributed by atoms with Crippen LogP contribution in [0.4, 0.5) is 0 Å². The lowest BCUT2D eigenvalue weighted by Gasteiger charge is -2.28. The molecule has 0 aromatic rings. The maximum Gasteiger partial charge on any atom is 0.220 e. The lowest BCUT2D eigenvalue weighted by Crippen LogP contribution is -2.41. The first-order valence-electron chi connectivity index (χ1n) is 5.34. The average Bonchev–Trinajstić information content (AvgIpc) is 2.11. The van der Waals surface area contributed by atoms with Crippen molar-refractivity contribution in [2.45, 2.75) is 46.6 Å². The molecule has 0 aromatic heterocycles. The van der Waals surface area contributed by atoms with Crippen LogP contribution in [-0.4, -0.2) is 24.9 Å². The number of hydrogen-bond acceptors (Lipinski definition) is 2. The standard InChI is InChI=1S/C11H22N2O2/c1-9(11(2,3)4)13-10(15)6-5-7-12-8-14/h8-9H,5-7H2,1-4H3,(H,12,14)(H,13,15)/t9-/m1/s1. The van der Waals surface area contributed by atoms with Gasteiger partial charge in [0.25, 0.3) is 0 Å². The molecule has 0 radical (unpaired) electrons. The van der Waals surface area contributed by atoms with Gasteiger partial charge in [0.05, 0.1) is 0 Å². The van der Waals surface area contributed by atoms with E-state index >= 15 is 0 Å². The van der Waals surface area contributed by atoms with Crippen molar-refractivity contribution >= 4 is 12.3 Å². The molecule has 0 aromatic carbocycles. The zero-order valence-electron chi connectivity index (χ0n) is 10.1. The second-order valence-electron chi connectivity index (χ2n) is 4.83. The molecule has 0 saturated heterocycles. The van der Waals surface area contributed by atoms with Crippen molar-refractivity contribution in [3.8, 4) is 0 Å². The molecule has 1 atom stereocenters. The van der Waals surface area contributed by atoms with Gasteiger partial charge in [-0.1, -0.05) is 20.8 Å². The van der Waals surface area contributed by atoms with E-state index in [0.717, 1.165) is 0 Å². The Morgan fingerprint density at radius 2 is 2.00 bits per heavy atom. The maximum absolute atomic E-state index is 11.4. The van der Waals surface area contributed by atoms with Crippen molar-refractivity contribution in [2.75, 3.05) is 6.54 Å². The summed E-state index contributed by atoms with van der Waals surface area (Å²) in [4.78, 5) is 21.4. The zero-order chi connectivity index (χ0) is 11.9. The molecule has 0 aliphatic carbocycles. The van der Waals surface area contributed by atoms with Gasteiger partial charge in [-0.05, 0) is 18.8 Å². The van der Waals surface area contributed by atoms with Crippen LogP contribution >= 0.6 is 0 Å². The molecule has 0 unspecified atom stereocenters. The number of carbonyl (C=O) groups excluding carboxylic acids is 2. The van der Waals surface area contributed by atoms with Crippen molar-refractivity contribution in [2.24, 2.45) is 5.41 Å². The molecular weight excluding hydrogens is 192 g/mol. The largest absolute Gasteiger partial charge is 0.359 e. The molecule has 2 amide bonds. The van der Waals surface area contributed by atoms with Gasteiger partial charge >= 0.3 is 0 Å². The second kappa shape index (κ2) is 6.43. The van der Waals surface area contributed by atoms with Crippen LogP contribution in [0.25, 0.3) is 0 Å². The number of nitrogens with one attached hydrogen (secondary N) is 2. The van der Waals surface area contributed by atoms with Crippen LogP contribution in [0, 0.1) is 5.41 Å². The van der Waals surface area contributed by atoms with Crippen LogP contribution < -0.4 is 10.6 Å². The third-order valence-corrected chi connectivity index (χ3v) is 2.48. The summed E-state index contributed by atoms with van der Waals surface area (Å²) in [6.07, 6.45) is 1.79. The van der Waals surface area contributed by atoms with E-state index in [1.807, 2.05) is 6.92 Å².